The number of aromatic nitrogens is 3. The van der Waals surface area contributed by atoms with Gasteiger partial charge >= 0.3 is 0 Å². The van der Waals surface area contributed by atoms with Crippen LogP contribution in [0.2, 0.25) is 0 Å². The van der Waals surface area contributed by atoms with Crippen molar-refractivity contribution in [2.24, 2.45) is 0 Å². The normalized spacial score (nSPS) is 10.7. The van der Waals surface area contributed by atoms with Crippen molar-refractivity contribution in [2.75, 3.05) is 17.2 Å². The second kappa shape index (κ2) is 9.11. The fraction of sp³-hybridized carbons (Fsp3) is 0.294. The first-order chi connectivity index (χ1) is 12.6. The smallest absolute Gasteiger partial charge is 0.231 e. The summed E-state index contributed by atoms with van der Waals surface area (Å²) in [5.74, 6) is 0.665. The molecule has 0 fully saturated rings. The summed E-state index contributed by atoms with van der Waals surface area (Å²) in [5, 5.41) is 17.9. The van der Waals surface area contributed by atoms with Crippen LogP contribution in [0.4, 0.5) is 10.8 Å². The van der Waals surface area contributed by atoms with E-state index in [1.807, 2.05) is 43.5 Å². The zero-order valence-electron chi connectivity index (χ0n) is 14.5. The topological polar surface area (TPSA) is 79.8 Å². The van der Waals surface area contributed by atoms with Crippen molar-refractivity contribution < 1.29 is 4.79 Å². The maximum Gasteiger partial charge on any atom is 0.231 e. The van der Waals surface area contributed by atoms with E-state index in [2.05, 4.69) is 25.8 Å². The molecule has 0 spiro atoms. The quantitative estimate of drug-likeness (QED) is 0.547. The third-order valence-electron chi connectivity index (χ3n) is 3.32. The van der Waals surface area contributed by atoms with Crippen LogP contribution in [0.3, 0.4) is 0 Å². The standard InChI is InChI=1S/C17H19N5OS3/c1-3-18-16-21-22-17(26-16)25-10-13-9-24-15(20-13)8-14(23)19-12-6-4-11(2)5-7-12/h4-7,9H,3,8,10H2,1-2H3,(H,18,21)(H,19,23). The average Bonchev–Trinajstić information content (AvgIpc) is 3.25. The number of nitrogens with zero attached hydrogens (tertiary/aromatic N) is 3. The van der Waals surface area contributed by atoms with Crippen molar-refractivity contribution >= 4 is 51.2 Å². The first-order valence-corrected chi connectivity index (χ1v) is 10.8. The summed E-state index contributed by atoms with van der Waals surface area (Å²) in [4.78, 5) is 16.7. The Balaban J connectivity index is 1.49. The van der Waals surface area contributed by atoms with E-state index in [1.165, 1.54) is 22.7 Å². The van der Waals surface area contributed by atoms with Gasteiger partial charge in [-0.15, -0.1) is 21.5 Å². The lowest BCUT2D eigenvalue weighted by Crippen LogP contribution is -2.14. The molecule has 2 heterocycles. The number of nitrogens with one attached hydrogen (secondary N) is 2. The Morgan fingerprint density at radius 3 is 2.81 bits per heavy atom. The molecule has 1 amide bonds. The number of thioether (sulfide) groups is 1. The van der Waals surface area contributed by atoms with Crippen molar-refractivity contribution in [1.29, 1.82) is 0 Å². The highest BCUT2D eigenvalue weighted by Crippen LogP contribution is 2.28. The lowest BCUT2D eigenvalue weighted by Gasteiger charge is -2.04. The van der Waals surface area contributed by atoms with Crippen LogP contribution < -0.4 is 10.6 Å². The van der Waals surface area contributed by atoms with Gasteiger partial charge in [-0.25, -0.2) is 4.98 Å². The van der Waals surface area contributed by atoms with Gasteiger partial charge in [0.1, 0.15) is 5.01 Å². The number of carbonyl (C=O) groups is 1. The highest BCUT2D eigenvalue weighted by molar-refractivity contribution is 8.00. The average molecular weight is 406 g/mol. The van der Waals surface area contributed by atoms with Gasteiger partial charge in [0, 0.05) is 23.4 Å². The lowest BCUT2D eigenvalue weighted by molar-refractivity contribution is -0.115. The number of hydrogen-bond acceptors (Lipinski definition) is 8. The van der Waals surface area contributed by atoms with Crippen LogP contribution in [0.25, 0.3) is 0 Å². The van der Waals surface area contributed by atoms with Gasteiger partial charge in [0.05, 0.1) is 12.1 Å². The Labute approximate surface area is 164 Å². The Morgan fingerprint density at radius 2 is 2.04 bits per heavy atom. The highest BCUT2D eigenvalue weighted by atomic mass is 32.2. The summed E-state index contributed by atoms with van der Waals surface area (Å²) in [7, 11) is 0. The van der Waals surface area contributed by atoms with E-state index in [9.17, 15) is 4.79 Å². The molecule has 3 rings (SSSR count). The van der Waals surface area contributed by atoms with E-state index in [0.717, 1.165) is 43.7 Å². The van der Waals surface area contributed by atoms with Crippen molar-refractivity contribution in [1.82, 2.24) is 15.2 Å². The van der Waals surface area contributed by atoms with Crippen molar-refractivity contribution in [3.63, 3.8) is 0 Å². The number of amides is 1. The van der Waals surface area contributed by atoms with E-state index in [4.69, 9.17) is 0 Å². The van der Waals surface area contributed by atoms with E-state index >= 15 is 0 Å². The van der Waals surface area contributed by atoms with Gasteiger partial charge in [0.15, 0.2) is 4.34 Å². The Kier molecular flexibility index (Phi) is 6.59. The van der Waals surface area contributed by atoms with Gasteiger partial charge in [-0.1, -0.05) is 40.8 Å². The maximum atomic E-state index is 12.1. The Bertz CT molecular complexity index is 859. The predicted molar refractivity (Wildman–Crippen MR) is 109 cm³/mol. The van der Waals surface area contributed by atoms with Crippen molar-refractivity contribution in [2.45, 2.75) is 30.4 Å². The summed E-state index contributed by atoms with van der Waals surface area (Å²) >= 11 is 4.65. The predicted octanol–water partition coefficient (Wildman–Crippen LogP) is 4.21. The number of thiazole rings is 1. The monoisotopic (exact) mass is 405 g/mol. The zero-order chi connectivity index (χ0) is 18.4. The first kappa shape index (κ1) is 18.8. The molecule has 0 bridgehead atoms. The third-order valence-corrected chi connectivity index (χ3v) is 6.27. The van der Waals surface area contributed by atoms with Crippen LogP contribution in [0.15, 0.2) is 34.0 Å². The third kappa shape index (κ3) is 5.52. The van der Waals surface area contributed by atoms with Gasteiger partial charge in [0.25, 0.3) is 0 Å². The minimum Gasteiger partial charge on any atom is -0.360 e. The Morgan fingerprint density at radius 1 is 1.23 bits per heavy atom. The molecule has 26 heavy (non-hydrogen) atoms. The van der Waals surface area contributed by atoms with Crippen LogP contribution in [0.5, 0.6) is 0 Å². The summed E-state index contributed by atoms with van der Waals surface area (Å²) in [6.07, 6.45) is 0.284. The van der Waals surface area contributed by atoms with Gasteiger partial charge in [-0.05, 0) is 26.0 Å². The minimum absolute atomic E-state index is 0.0539. The summed E-state index contributed by atoms with van der Waals surface area (Å²) in [6, 6.07) is 7.76. The van der Waals surface area contributed by atoms with Gasteiger partial charge in [0.2, 0.25) is 11.0 Å². The molecule has 0 saturated carbocycles. The van der Waals surface area contributed by atoms with Gasteiger partial charge in [-0.2, -0.15) is 0 Å². The van der Waals surface area contributed by atoms with Crippen LogP contribution in [0, 0.1) is 6.92 Å². The minimum atomic E-state index is -0.0539. The van der Waals surface area contributed by atoms with E-state index in [1.54, 1.807) is 11.8 Å². The number of anilines is 2. The largest absolute Gasteiger partial charge is 0.360 e. The molecule has 6 nitrogen and oxygen atoms in total. The van der Waals surface area contributed by atoms with Crippen LogP contribution in [-0.4, -0.2) is 27.6 Å². The first-order valence-electron chi connectivity index (χ1n) is 8.12. The SMILES string of the molecule is CCNc1nnc(SCc2csc(CC(=O)Nc3ccc(C)cc3)n2)s1. The molecule has 0 atom stereocenters. The van der Waals surface area contributed by atoms with E-state index in [0.29, 0.717) is 0 Å². The van der Waals surface area contributed by atoms with E-state index in [-0.39, 0.29) is 12.3 Å². The fourth-order valence-electron chi connectivity index (χ4n) is 2.10. The Hall–Kier alpha value is -1.97. The lowest BCUT2D eigenvalue weighted by atomic mass is 10.2. The maximum absolute atomic E-state index is 12.1. The molecular formula is C17H19N5OS3. The number of carbonyl (C=O) groups excluding carboxylic acids is 1. The molecule has 0 aliphatic heterocycles. The second-order valence-corrected chi connectivity index (χ2v) is 8.66. The summed E-state index contributed by atoms with van der Waals surface area (Å²) < 4.78 is 0.910. The molecule has 136 valence electrons. The number of hydrogen-bond donors (Lipinski definition) is 2. The fourth-order valence-corrected chi connectivity index (χ4v) is 4.71. The zero-order valence-corrected chi connectivity index (χ0v) is 16.9. The van der Waals surface area contributed by atoms with E-state index < -0.39 is 0 Å². The molecule has 2 aromatic heterocycles. The molecule has 9 heteroatoms. The summed E-state index contributed by atoms with van der Waals surface area (Å²) in [6.45, 7) is 4.88. The van der Waals surface area contributed by atoms with Crippen molar-refractivity contribution in [3.05, 3.63) is 45.9 Å². The number of rotatable bonds is 8. The van der Waals surface area contributed by atoms with Crippen LogP contribution >= 0.6 is 34.4 Å². The molecule has 2 N–H and O–H groups in total. The van der Waals surface area contributed by atoms with Crippen LogP contribution in [-0.2, 0) is 17.0 Å². The molecule has 0 unspecified atom stereocenters. The molecular weight excluding hydrogens is 386 g/mol. The highest BCUT2D eigenvalue weighted by Gasteiger charge is 2.10. The molecule has 0 aliphatic carbocycles. The molecule has 0 aliphatic rings. The number of aryl methyl sites for hydroxylation is 1. The molecule has 0 saturated heterocycles. The van der Waals surface area contributed by atoms with Crippen molar-refractivity contribution in [3.8, 4) is 0 Å². The summed E-state index contributed by atoms with van der Waals surface area (Å²) in [5.41, 5.74) is 2.93. The molecule has 1 aromatic carbocycles. The number of benzene rings is 1. The molecule has 3 aromatic rings. The second-order valence-electron chi connectivity index (χ2n) is 5.52. The molecule has 0 radical (unpaired) electrons. The van der Waals surface area contributed by atoms with Crippen LogP contribution in [0.1, 0.15) is 23.2 Å². The van der Waals surface area contributed by atoms with Gasteiger partial charge < -0.3 is 10.6 Å². The van der Waals surface area contributed by atoms with Gasteiger partial charge in [-0.3, -0.25) is 4.79 Å².